The van der Waals surface area contributed by atoms with Crippen LogP contribution in [0.1, 0.15) is 5.56 Å². The molecule has 1 aliphatic carbocycles. The number of benzene rings is 1. The number of hydrogen-bond acceptors (Lipinski definition) is 4. The zero-order valence-electron chi connectivity index (χ0n) is 13.4. The van der Waals surface area contributed by atoms with Gasteiger partial charge in [0.1, 0.15) is 24.3 Å². The number of nitriles is 1. The molecule has 1 amide bonds. The third kappa shape index (κ3) is 3.54. The van der Waals surface area contributed by atoms with Gasteiger partial charge in [0.2, 0.25) is 0 Å². The van der Waals surface area contributed by atoms with Gasteiger partial charge in [-0.1, -0.05) is 49.1 Å². The van der Waals surface area contributed by atoms with Gasteiger partial charge >= 0.3 is 0 Å². The number of fused-ring (bicyclic) bond motifs is 1. The molecular formula is C20H15N3O2. The quantitative estimate of drug-likeness (QED) is 0.614. The van der Waals surface area contributed by atoms with Crippen molar-refractivity contribution >= 4 is 23.5 Å². The van der Waals surface area contributed by atoms with Crippen LogP contribution in [0.15, 0.2) is 76.8 Å². The molecule has 3 rings (SSSR count). The first-order chi connectivity index (χ1) is 12.2. The molecule has 5 nitrogen and oxygen atoms in total. The Morgan fingerprint density at radius 3 is 2.96 bits per heavy atom. The average Bonchev–Trinajstić information content (AvgIpc) is 2.65. The van der Waals surface area contributed by atoms with Crippen LogP contribution in [0.25, 0.3) is 6.08 Å². The fourth-order valence-electron chi connectivity index (χ4n) is 2.47. The third-order valence-corrected chi connectivity index (χ3v) is 3.65. The first-order valence-electron chi connectivity index (χ1n) is 7.74. The van der Waals surface area contributed by atoms with Crippen LogP contribution in [0.5, 0.6) is 5.75 Å². The van der Waals surface area contributed by atoms with Crippen molar-refractivity contribution in [3.05, 3.63) is 72.4 Å². The van der Waals surface area contributed by atoms with Gasteiger partial charge in [0.15, 0.2) is 5.84 Å². The van der Waals surface area contributed by atoms with Crippen molar-refractivity contribution in [1.82, 2.24) is 0 Å². The van der Waals surface area contributed by atoms with E-state index in [1.54, 1.807) is 42.5 Å². The van der Waals surface area contributed by atoms with E-state index < -0.39 is 5.92 Å². The Morgan fingerprint density at radius 1 is 1.32 bits per heavy atom. The molecular weight excluding hydrogens is 314 g/mol. The lowest BCUT2D eigenvalue weighted by molar-refractivity contribution is -0.118. The fraction of sp³-hybridized carbons (Fsp3) is 0.100. The summed E-state index contributed by atoms with van der Waals surface area (Å²) in [5.41, 5.74) is 1.50. The first-order valence-corrected chi connectivity index (χ1v) is 7.74. The Hall–Kier alpha value is -3.52. The molecule has 122 valence electrons. The van der Waals surface area contributed by atoms with Gasteiger partial charge < -0.3 is 4.74 Å². The minimum atomic E-state index is -0.461. The lowest BCUT2D eigenvalue weighted by Gasteiger charge is -2.17. The summed E-state index contributed by atoms with van der Waals surface area (Å²) in [7, 11) is 0. The maximum absolute atomic E-state index is 12.2. The fourth-order valence-corrected chi connectivity index (χ4v) is 2.47. The maximum Gasteiger partial charge on any atom is 0.260 e. The summed E-state index contributed by atoms with van der Waals surface area (Å²) < 4.78 is 5.59. The summed E-state index contributed by atoms with van der Waals surface area (Å²) in [5.74, 6) is -0.0454. The van der Waals surface area contributed by atoms with E-state index in [2.05, 4.69) is 22.6 Å². The highest BCUT2D eigenvalue weighted by Crippen LogP contribution is 2.23. The van der Waals surface area contributed by atoms with Crippen LogP contribution in [0.2, 0.25) is 0 Å². The van der Waals surface area contributed by atoms with Crippen molar-refractivity contribution < 1.29 is 9.53 Å². The van der Waals surface area contributed by atoms with E-state index in [1.165, 1.54) is 0 Å². The molecule has 5 heteroatoms. The van der Waals surface area contributed by atoms with Crippen LogP contribution in [0.3, 0.4) is 0 Å². The topological polar surface area (TPSA) is 74.8 Å². The summed E-state index contributed by atoms with van der Waals surface area (Å²) in [6, 6.07) is 9.37. The van der Waals surface area contributed by atoms with Gasteiger partial charge in [-0.2, -0.15) is 10.3 Å². The van der Waals surface area contributed by atoms with Crippen LogP contribution in [0.4, 0.5) is 0 Å². The normalized spacial score (nSPS) is 18.8. The molecule has 1 heterocycles. The molecule has 0 aromatic heterocycles. The first kappa shape index (κ1) is 16.3. The highest BCUT2D eigenvalue weighted by molar-refractivity contribution is 6.26. The number of ether oxygens (including phenoxy) is 1. The number of aliphatic imine (C=N–C) groups is 2. The van der Waals surface area contributed by atoms with Gasteiger partial charge in [0.05, 0.1) is 11.3 Å². The van der Waals surface area contributed by atoms with Gasteiger partial charge in [-0.25, -0.2) is 4.99 Å². The van der Waals surface area contributed by atoms with Gasteiger partial charge in [-0.3, -0.25) is 4.79 Å². The Kier molecular flexibility index (Phi) is 4.82. The van der Waals surface area contributed by atoms with Crippen LogP contribution in [-0.4, -0.2) is 24.1 Å². The number of amidine groups is 1. The predicted molar refractivity (Wildman–Crippen MR) is 97.4 cm³/mol. The molecule has 1 aromatic rings. The second-order valence-corrected chi connectivity index (χ2v) is 5.34. The number of para-hydroxylation sites is 1. The Balaban J connectivity index is 1.98. The van der Waals surface area contributed by atoms with Crippen LogP contribution in [-0.2, 0) is 4.79 Å². The number of carbonyl (C=O) groups is 1. The summed E-state index contributed by atoms with van der Waals surface area (Å²) in [6.45, 7) is 3.98. The molecule has 0 fully saturated rings. The van der Waals surface area contributed by atoms with Crippen molar-refractivity contribution in [2.45, 2.75) is 0 Å². The summed E-state index contributed by atoms with van der Waals surface area (Å²) in [4.78, 5) is 20.6. The number of hydrogen-bond donors (Lipinski definition) is 0. The number of allylic oxidation sites excluding steroid dienone is 3. The van der Waals surface area contributed by atoms with Gasteiger partial charge in [-0.15, -0.1) is 0 Å². The SMILES string of the molecule is C=CCOc1ccccc1/C=C(\C#N)C1=NC(=O)C2C=CC=CC2=N1. The lowest BCUT2D eigenvalue weighted by atomic mass is 9.96. The van der Waals surface area contributed by atoms with E-state index in [-0.39, 0.29) is 17.3 Å². The van der Waals surface area contributed by atoms with Crippen molar-refractivity contribution in [2.75, 3.05) is 6.61 Å². The summed E-state index contributed by atoms with van der Waals surface area (Å²) in [5, 5.41) is 9.52. The number of rotatable bonds is 5. The standard InChI is InChI=1S/C20H15N3O2/c1-2-11-25-18-10-6-3-7-14(18)12-15(13-21)19-22-17-9-5-4-8-16(17)20(24)23-19/h2-10,12,16H,1,11H2/b15-12+. The third-order valence-electron chi connectivity index (χ3n) is 3.65. The highest BCUT2D eigenvalue weighted by atomic mass is 16.5. The number of carbonyl (C=O) groups excluding carboxylic acids is 1. The van der Waals surface area contributed by atoms with E-state index in [0.29, 0.717) is 23.6 Å². The minimum Gasteiger partial charge on any atom is -0.489 e. The van der Waals surface area contributed by atoms with Crippen LogP contribution >= 0.6 is 0 Å². The van der Waals surface area contributed by atoms with Crippen molar-refractivity contribution in [3.8, 4) is 11.8 Å². The molecule has 0 saturated carbocycles. The number of nitrogens with zero attached hydrogens (tertiary/aromatic N) is 3. The van der Waals surface area contributed by atoms with Gasteiger partial charge in [0.25, 0.3) is 5.91 Å². The monoisotopic (exact) mass is 329 g/mol. The molecule has 1 atom stereocenters. The Labute approximate surface area is 145 Å². The van der Waals surface area contributed by atoms with E-state index >= 15 is 0 Å². The Morgan fingerprint density at radius 2 is 2.16 bits per heavy atom. The van der Waals surface area contributed by atoms with Crippen LogP contribution < -0.4 is 4.74 Å². The zero-order chi connectivity index (χ0) is 17.6. The molecule has 2 aliphatic rings. The van der Waals surface area contributed by atoms with Crippen LogP contribution in [0, 0.1) is 17.2 Å². The van der Waals surface area contributed by atoms with E-state index in [4.69, 9.17) is 4.74 Å². The zero-order valence-corrected chi connectivity index (χ0v) is 13.4. The van der Waals surface area contributed by atoms with E-state index in [1.807, 2.05) is 18.2 Å². The molecule has 1 unspecified atom stereocenters. The van der Waals surface area contributed by atoms with E-state index in [9.17, 15) is 10.1 Å². The molecule has 0 bridgehead atoms. The van der Waals surface area contributed by atoms with E-state index in [0.717, 1.165) is 0 Å². The molecule has 0 saturated heterocycles. The second kappa shape index (κ2) is 7.37. The van der Waals surface area contributed by atoms with Gasteiger partial charge in [-0.05, 0) is 18.2 Å². The second-order valence-electron chi connectivity index (χ2n) is 5.34. The highest BCUT2D eigenvalue weighted by Gasteiger charge is 2.27. The number of amides is 1. The maximum atomic E-state index is 12.2. The molecule has 25 heavy (non-hydrogen) atoms. The molecule has 1 aromatic carbocycles. The minimum absolute atomic E-state index is 0.122. The van der Waals surface area contributed by atoms with Crippen molar-refractivity contribution in [1.29, 1.82) is 5.26 Å². The van der Waals surface area contributed by atoms with Crippen molar-refractivity contribution in [3.63, 3.8) is 0 Å². The summed E-state index contributed by atoms with van der Waals surface area (Å²) >= 11 is 0. The average molecular weight is 329 g/mol. The molecule has 0 N–H and O–H groups in total. The van der Waals surface area contributed by atoms with Gasteiger partial charge in [0, 0.05) is 5.56 Å². The Bertz CT molecular complexity index is 911. The molecule has 0 radical (unpaired) electrons. The van der Waals surface area contributed by atoms with Crippen molar-refractivity contribution in [2.24, 2.45) is 15.9 Å². The molecule has 0 spiro atoms. The smallest absolute Gasteiger partial charge is 0.260 e. The largest absolute Gasteiger partial charge is 0.489 e. The summed E-state index contributed by atoms with van der Waals surface area (Å²) in [6.07, 6.45) is 10.4. The molecule has 1 aliphatic heterocycles. The lowest BCUT2D eigenvalue weighted by Crippen LogP contribution is -2.27. The predicted octanol–water partition coefficient (Wildman–Crippen LogP) is 3.28.